The number of aromatic carboxylic acids is 1. The van der Waals surface area contributed by atoms with Crippen LogP contribution >= 0.6 is 0 Å². The summed E-state index contributed by atoms with van der Waals surface area (Å²) in [5.41, 5.74) is 6.89. The highest BCUT2D eigenvalue weighted by Crippen LogP contribution is 2.12. The van der Waals surface area contributed by atoms with Crippen molar-refractivity contribution in [2.75, 3.05) is 11.9 Å². The third-order valence-electron chi connectivity index (χ3n) is 3.18. The molecule has 1 amide bonds. The van der Waals surface area contributed by atoms with Crippen molar-refractivity contribution in [3.63, 3.8) is 0 Å². The van der Waals surface area contributed by atoms with Gasteiger partial charge in [-0.3, -0.25) is 9.79 Å². The number of hydrogen-bond donors (Lipinski definition) is 3. The molecule has 2 aliphatic heterocycles. The lowest BCUT2D eigenvalue weighted by Crippen LogP contribution is -2.38. The highest BCUT2D eigenvalue weighted by Gasteiger charge is 2.30. The van der Waals surface area contributed by atoms with Gasteiger partial charge in [0.15, 0.2) is 11.9 Å². The van der Waals surface area contributed by atoms with Crippen molar-refractivity contribution in [3.8, 4) is 0 Å². The van der Waals surface area contributed by atoms with Crippen LogP contribution in [0.25, 0.3) is 0 Å². The van der Waals surface area contributed by atoms with Crippen molar-refractivity contribution in [1.82, 2.24) is 0 Å². The minimum Gasteiger partial charge on any atom is -0.478 e. The fourth-order valence-corrected chi connectivity index (χ4v) is 2.05. The minimum atomic E-state index is -0.984. The van der Waals surface area contributed by atoms with Crippen molar-refractivity contribution < 1.29 is 14.7 Å². The fourth-order valence-electron chi connectivity index (χ4n) is 2.05. The number of carbonyl (C=O) groups excluding carboxylic acids is 1. The number of nitrogens with one attached hydrogen (secondary N) is 1. The molecule has 9 nitrogen and oxygen atoms in total. The van der Waals surface area contributed by atoms with Crippen LogP contribution in [0.5, 0.6) is 0 Å². The molecule has 4 N–H and O–H groups in total. The quantitative estimate of drug-likeness (QED) is 0.714. The number of aliphatic imine (C=N–C) groups is 4. The van der Waals surface area contributed by atoms with Gasteiger partial charge in [0.25, 0.3) is 5.91 Å². The first-order valence-electron chi connectivity index (χ1n) is 6.67. The van der Waals surface area contributed by atoms with Crippen molar-refractivity contribution in [1.29, 1.82) is 0 Å². The van der Waals surface area contributed by atoms with E-state index in [0.29, 0.717) is 12.3 Å². The average molecular weight is 312 g/mol. The Hall–Kier alpha value is -3.36. The summed E-state index contributed by atoms with van der Waals surface area (Å²) in [5, 5.41) is 11.9. The van der Waals surface area contributed by atoms with E-state index < -0.39 is 17.9 Å². The lowest BCUT2D eigenvalue weighted by Gasteiger charge is -2.18. The summed E-state index contributed by atoms with van der Waals surface area (Å²) in [5.74, 6) is -1.36. The van der Waals surface area contributed by atoms with E-state index in [9.17, 15) is 9.59 Å². The Kier molecular flexibility index (Phi) is 3.67. The van der Waals surface area contributed by atoms with E-state index in [1.54, 1.807) is 12.1 Å². The monoisotopic (exact) mass is 312 g/mol. The smallest absolute Gasteiger partial charge is 0.335 e. The number of nitrogens with zero attached hydrogens (tertiary/aromatic N) is 4. The number of rotatable bonds is 4. The molecule has 1 unspecified atom stereocenters. The molecule has 2 heterocycles. The first kappa shape index (κ1) is 14.6. The van der Waals surface area contributed by atoms with Gasteiger partial charge < -0.3 is 16.2 Å². The van der Waals surface area contributed by atoms with E-state index in [2.05, 4.69) is 25.3 Å². The second-order valence-corrected chi connectivity index (χ2v) is 4.80. The molecule has 0 saturated heterocycles. The Bertz CT molecular complexity index is 791. The Morgan fingerprint density at radius 2 is 2.00 bits per heavy atom. The molecular weight excluding hydrogens is 300 g/mol. The second-order valence-electron chi connectivity index (χ2n) is 4.80. The number of amidine groups is 1. The van der Waals surface area contributed by atoms with Crippen molar-refractivity contribution >= 4 is 41.3 Å². The van der Waals surface area contributed by atoms with Crippen LogP contribution in [0.4, 0.5) is 5.69 Å². The van der Waals surface area contributed by atoms with E-state index in [1.807, 2.05) is 0 Å². The number of carbonyl (C=O) groups is 2. The first-order chi connectivity index (χ1) is 11.0. The molecule has 0 radical (unpaired) electrons. The number of carboxylic acids is 1. The summed E-state index contributed by atoms with van der Waals surface area (Å²) in [6.45, 7) is 0.326. The van der Waals surface area contributed by atoms with E-state index in [-0.39, 0.29) is 17.4 Å². The highest BCUT2D eigenvalue weighted by molar-refractivity contribution is 6.38. The number of benzene rings is 1. The zero-order valence-electron chi connectivity index (χ0n) is 11.8. The molecule has 0 fully saturated rings. The molecule has 0 aromatic heterocycles. The maximum atomic E-state index is 11.8. The normalized spacial score (nSPS) is 19.4. The van der Waals surface area contributed by atoms with Gasteiger partial charge in [0, 0.05) is 5.69 Å². The Balaban J connectivity index is 1.67. The molecule has 0 bridgehead atoms. The number of anilines is 1. The van der Waals surface area contributed by atoms with Gasteiger partial charge in [-0.1, -0.05) is 0 Å². The number of carboxylic acid groups (broad SMARTS) is 1. The maximum Gasteiger partial charge on any atom is 0.335 e. The Morgan fingerprint density at radius 1 is 1.26 bits per heavy atom. The second kappa shape index (κ2) is 5.79. The largest absolute Gasteiger partial charge is 0.478 e. The van der Waals surface area contributed by atoms with Crippen LogP contribution in [-0.2, 0) is 4.79 Å². The van der Waals surface area contributed by atoms with Crippen LogP contribution in [0.1, 0.15) is 10.4 Å². The first-order valence-corrected chi connectivity index (χ1v) is 6.67. The van der Waals surface area contributed by atoms with Gasteiger partial charge in [-0.05, 0) is 24.3 Å². The maximum absolute atomic E-state index is 11.8. The molecule has 23 heavy (non-hydrogen) atoms. The summed E-state index contributed by atoms with van der Waals surface area (Å²) < 4.78 is 0. The third-order valence-corrected chi connectivity index (χ3v) is 3.18. The van der Waals surface area contributed by atoms with Gasteiger partial charge >= 0.3 is 5.97 Å². The number of amides is 1. The summed E-state index contributed by atoms with van der Waals surface area (Å²) in [7, 11) is 0. The van der Waals surface area contributed by atoms with Crippen LogP contribution in [0.15, 0.2) is 44.2 Å². The molecule has 1 aromatic carbocycles. The van der Waals surface area contributed by atoms with Crippen LogP contribution < -0.4 is 11.1 Å². The molecule has 2 aliphatic rings. The SMILES string of the molecule is NC1=NC(=O)C2N=C(CNc3ccc(C(=O)O)cc3)C=NC2=N1. The Labute approximate surface area is 130 Å². The minimum absolute atomic E-state index is 0.117. The number of hydrogen-bond acceptors (Lipinski definition) is 7. The molecule has 1 atom stereocenters. The van der Waals surface area contributed by atoms with E-state index in [4.69, 9.17) is 10.8 Å². The summed E-state index contributed by atoms with van der Waals surface area (Å²) in [6, 6.07) is 5.43. The Morgan fingerprint density at radius 3 is 2.70 bits per heavy atom. The molecule has 0 aliphatic carbocycles. The van der Waals surface area contributed by atoms with Gasteiger partial charge in [0.1, 0.15) is 0 Å². The number of fused-ring (bicyclic) bond motifs is 1. The standard InChI is InChI=1S/C14H12N6O3/c15-14-19-11-10(12(21)20-14)18-9(6-17-11)5-16-8-3-1-7(2-4-8)13(22)23/h1-4,6,10,16H,5H2,(H,22,23)(H2,15,20,21). The molecular formula is C14H12N6O3. The molecule has 0 saturated carbocycles. The fraction of sp³-hybridized carbons (Fsp3) is 0.143. The number of nitrogens with two attached hydrogens (primary N) is 1. The lowest BCUT2D eigenvalue weighted by molar-refractivity contribution is -0.117. The van der Waals surface area contributed by atoms with Crippen LogP contribution in [0.3, 0.4) is 0 Å². The van der Waals surface area contributed by atoms with E-state index in [1.165, 1.54) is 18.3 Å². The van der Waals surface area contributed by atoms with Gasteiger partial charge in [-0.15, -0.1) is 0 Å². The van der Waals surface area contributed by atoms with Crippen LogP contribution in [0, 0.1) is 0 Å². The molecule has 9 heteroatoms. The van der Waals surface area contributed by atoms with Crippen molar-refractivity contribution in [2.45, 2.75) is 6.04 Å². The zero-order valence-corrected chi connectivity index (χ0v) is 11.8. The van der Waals surface area contributed by atoms with Crippen LogP contribution in [0.2, 0.25) is 0 Å². The predicted molar refractivity (Wildman–Crippen MR) is 85.7 cm³/mol. The summed E-state index contributed by atoms with van der Waals surface area (Å²) in [6.07, 6.45) is 1.50. The van der Waals surface area contributed by atoms with Gasteiger partial charge in [-0.2, -0.15) is 9.98 Å². The van der Waals surface area contributed by atoms with E-state index >= 15 is 0 Å². The summed E-state index contributed by atoms with van der Waals surface area (Å²) >= 11 is 0. The predicted octanol–water partition coefficient (Wildman–Crippen LogP) is -0.0559. The van der Waals surface area contributed by atoms with Crippen molar-refractivity contribution in [2.24, 2.45) is 25.7 Å². The zero-order chi connectivity index (χ0) is 16.4. The molecule has 116 valence electrons. The van der Waals surface area contributed by atoms with Gasteiger partial charge in [0.2, 0.25) is 5.96 Å². The van der Waals surface area contributed by atoms with Gasteiger partial charge in [0.05, 0.1) is 24.0 Å². The molecule has 3 rings (SSSR count). The van der Waals surface area contributed by atoms with Crippen LogP contribution in [-0.4, -0.2) is 53.3 Å². The van der Waals surface area contributed by atoms with Crippen molar-refractivity contribution in [3.05, 3.63) is 29.8 Å². The van der Waals surface area contributed by atoms with E-state index in [0.717, 1.165) is 5.69 Å². The lowest BCUT2D eigenvalue weighted by atomic mass is 10.2. The third kappa shape index (κ3) is 3.12. The summed E-state index contributed by atoms with van der Waals surface area (Å²) in [4.78, 5) is 38.3. The average Bonchev–Trinajstić information content (AvgIpc) is 2.53. The van der Waals surface area contributed by atoms with Gasteiger partial charge in [-0.25, -0.2) is 9.79 Å². The molecule has 0 spiro atoms. The topological polar surface area (TPSA) is 142 Å². The molecule has 1 aromatic rings. The highest BCUT2D eigenvalue weighted by atomic mass is 16.4. The number of guanidine groups is 1.